The van der Waals surface area contributed by atoms with E-state index in [4.69, 9.17) is 16.6 Å². The Morgan fingerprint density at radius 1 is 1.04 bits per heavy atom. The first-order valence-electron chi connectivity index (χ1n) is 9.69. The Bertz CT molecular complexity index is 921. The maximum absolute atomic E-state index is 6.15. The molecule has 4 heteroatoms. The van der Waals surface area contributed by atoms with E-state index in [9.17, 15) is 0 Å². The molecule has 0 aliphatic carbocycles. The second-order valence-electron chi connectivity index (χ2n) is 7.81. The summed E-state index contributed by atoms with van der Waals surface area (Å²) in [6, 6.07) is 20.4. The van der Waals surface area contributed by atoms with Gasteiger partial charge in [-0.15, -0.1) is 11.3 Å². The van der Waals surface area contributed by atoms with Crippen LogP contribution in [0.1, 0.15) is 41.7 Å². The fourth-order valence-corrected chi connectivity index (χ4v) is 6.31. The quantitative estimate of drug-likeness (QED) is 0.525. The zero-order valence-electron chi connectivity index (χ0n) is 15.4. The topological polar surface area (TPSA) is 16.1 Å². The predicted molar refractivity (Wildman–Crippen MR) is 114 cm³/mol. The van der Waals surface area contributed by atoms with E-state index in [1.807, 2.05) is 23.5 Å². The van der Waals surface area contributed by atoms with E-state index in [2.05, 4.69) is 60.6 Å². The normalized spacial score (nSPS) is 27.8. The van der Waals surface area contributed by atoms with E-state index >= 15 is 0 Å². The van der Waals surface area contributed by atoms with E-state index in [0.29, 0.717) is 23.9 Å². The van der Waals surface area contributed by atoms with Crippen LogP contribution in [0.5, 0.6) is 0 Å². The Balaban J connectivity index is 1.54. The minimum absolute atomic E-state index is 0.456. The average molecular weight is 395 g/mol. The first kappa shape index (κ1) is 17.4. The first-order valence-corrected chi connectivity index (χ1v) is 10.9. The molecule has 2 aromatic carbocycles. The molecule has 2 bridgehead atoms. The number of likely N-dealkylation sites (N-methyl/N-ethyl adjacent to an activating group) is 1. The van der Waals surface area contributed by atoms with Crippen molar-refractivity contribution in [2.45, 2.75) is 43.2 Å². The lowest BCUT2D eigenvalue weighted by atomic mass is 9.76. The van der Waals surface area contributed by atoms with E-state index in [1.165, 1.54) is 40.3 Å². The minimum atomic E-state index is 0.456. The van der Waals surface area contributed by atoms with Crippen molar-refractivity contribution >= 4 is 22.9 Å². The molecule has 0 radical (unpaired) electrons. The van der Waals surface area contributed by atoms with E-state index < -0.39 is 0 Å². The summed E-state index contributed by atoms with van der Waals surface area (Å²) < 4.78 is 0. The van der Waals surface area contributed by atoms with Gasteiger partial charge in [0.1, 0.15) is 0 Å². The molecule has 0 saturated carbocycles. The third-order valence-electron chi connectivity index (χ3n) is 6.43. The smallest absolute Gasteiger partial charge is 0.0983 e. The van der Waals surface area contributed by atoms with Gasteiger partial charge in [-0.3, -0.25) is 4.90 Å². The molecule has 1 aromatic heterocycles. The molecule has 3 heterocycles. The minimum Gasteiger partial charge on any atom is -0.300 e. The highest BCUT2D eigenvalue weighted by atomic mass is 35.5. The lowest BCUT2D eigenvalue weighted by Crippen LogP contribution is -2.44. The van der Waals surface area contributed by atoms with Gasteiger partial charge >= 0.3 is 0 Å². The molecule has 2 aliphatic heterocycles. The van der Waals surface area contributed by atoms with Crippen LogP contribution < -0.4 is 0 Å². The largest absolute Gasteiger partial charge is 0.300 e. The molecule has 2 nitrogen and oxygen atoms in total. The number of thiazole rings is 1. The summed E-state index contributed by atoms with van der Waals surface area (Å²) in [5.41, 5.74) is 2.67. The van der Waals surface area contributed by atoms with Crippen molar-refractivity contribution in [3.8, 4) is 10.4 Å². The Morgan fingerprint density at radius 2 is 1.81 bits per heavy atom. The summed E-state index contributed by atoms with van der Waals surface area (Å²) in [5.74, 6) is 0.975. The standard InChI is InChI=1S/C23H23ClN2S/c1-26-18-11-12-20(26)22(19(13-18)15-7-9-17(24)10-8-15)23-25-14-21(27-23)16-5-3-2-4-6-16/h2-10,14,18-20,22H,11-13H2,1H3/t18?,19-,20?,22+/m1/s1. The molecule has 2 saturated heterocycles. The molecule has 0 spiro atoms. The highest BCUT2D eigenvalue weighted by Gasteiger charge is 2.47. The third-order valence-corrected chi connectivity index (χ3v) is 7.83. The van der Waals surface area contributed by atoms with Gasteiger partial charge in [-0.25, -0.2) is 4.98 Å². The number of halogens is 1. The highest BCUT2D eigenvalue weighted by Crippen LogP contribution is 2.52. The van der Waals surface area contributed by atoms with E-state index in [1.54, 1.807) is 0 Å². The van der Waals surface area contributed by atoms with Crippen molar-refractivity contribution in [2.75, 3.05) is 7.05 Å². The molecule has 2 fully saturated rings. The van der Waals surface area contributed by atoms with Crippen LogP contribution in [0.25, 0.3) is 10.4 Å². The van der Waals surface area contributed by atoms with Crippen molar-refractivity contribution < 1.29 is 0 Å². The number of hydrogen-bond acceptors (Lipinski definition) is 3. The summed E-state index contributed by atoms with van der Waals surface area (Å²) >= 11 is 8.02. The molecule has 3 aromatic rings. The number of fused-ring (bicyclic) bond motifs is 2. The van der Waals surface area contributed by atoms with Crippen LogP contribution in [0.2, 0.25) is 5.02 Å². The fourth-order valence-electron chi connectivity index (χ4n) is 5.03. The van der Waals surface area contributed by atoms with Gasteiger partial charge in [0.15, 0.2) is 0 Å². The van der Waals surface area contributed by atoms with Crippen LogP contribution in [0.4, 0.5) is 0 Å². The lowest BCUT2D eigenvalue weighted by molar-refractivity contribution is 0.137. The van der Waals surface area contributed by atoms with Crippen molar-refractivity contribution in [3.05, 3.63) is 76.4 Å². The van der Waals surface area contributed by atoms with Gasteiger partial charge in [-0.2, -0.15) is 0 Å². The maximum Gasteiger partial charge on any atom is 0.0983 e. The molecule has 2 aliphatic rings. The Kier molecular flexibility index (Phi) is 4.55. The molecular weight excluding hydrogens is 372 g/mol. The van der Waals surface area contributed by atoms with Gasteiger partial charge in [-0.1, -0.05) is 54.1 Å². The number of benzene rings is 2. The van der Waals surface area contributed by atoms with Gasteiger partial charge in [0.05, 0.1) is 9.88 Å². The monoisotopic (exact) mass is 394 g/mol. The molecule has 5 rings (SSSR count). The van der Waals surface area contributed by atoms with Crippen molar-refractivity contribution in [3.63, 3.8) is 0 Å². The Morgan fingerprint density at radius 3 is 2.59 bits per heavy atom. The summed E-state index contributed by atoms with van der Waals surface area (Å²) in [7, 11) is 2.30. The van der Waals surface area contributed by atoms with Crippen LogP contribution in [-0.4, -0.2) is 29.0 Å². The third kappa shape index (κ3) is 3.12. The number of nitrogens with zero attached hydrogens (tertiary/aromatic N) is 2. The van der Waals surface area contributed by atoms with Crippen LogP contribution in [0, 0.1) is 0 Å². The maximum atomic E-state index is 6.15. The molecule has 0 amide bonds. The van der Waals surface area contributed by atoms with Gasteiger partial charge < -0.3 is 0 Å². The van der Waals surface area contributed by atoms with Crippen LogP contribution >= 0.6 is 22.9 Å². The average Bonchev–Trinajstić information content (AvgIpc) is 3.26. The number of rotatable bonds is 3. The summed E-state index contributed by atoms with van der Waals surface area (Å²) in [5, 5.41) is 2.10. The molecule has 27 heavy (non-hydrogen) atoms. The summed E-state index contributed by atoms with van der Waals surface area (Å²) in [6.07, 6.45) is 5.85. The summed E-state index contributed by atoms with van der Waals surface area (Å²) in [6.45, 7) is 0. The number of piperidine rings is 1. The predicted octanol–water partition coefficient (Wildman–Crippen LogP) is 6.20. The van der Waals surface area contributed by atoms with Gasteiger partial charge in [0.2, 0.25) is 0 Å². The molecule has 138 valence electrons. The zero-order valence-corrected chi connectivity index (χ0v) is 17.0. The Hall–Kier alpha value is -1.68. The van der Waals surface area contributed by atoms with E-state index in [0.717, 1.165) is 5.02 Å². The van der Waals surface area contributed by atoms with Crippen molar-refractivity contribution in [2.24, 2.45) is 0 Å². The number of hydrogen-bond donors (Lipinski definition) is 0. The second-order valence-corrected chi connectivity index (χ2v) is 9.31. The Labute approximate surface area is 169 Å². The SMILES string of the molecule is CN1C2CCC1[C@@H](c1ncc(-c3ccccc3)s1)[C@@H](c1ccc(Cl)cc1)C2. The molecule has 4 atom stereocenters. The first-order chi connectivity index (χ1) is 13.2. The van der Waals surface area contributed by atoms with Gasteiger partial charge in [0, 0.05) is 29.2 Å². The summed E-state index contributed by atoms with van der Waals surface area (Å²) in [4.78, 5) is 8.81. The highest BCUT2D eigenvalue weighted by molar-refractivity contribution is 7.15. The van der Waals surface area contributed by atoms with Crippen molar-refractivity contribution in [1.82, 2.24) is 9.88 Å². The van der Waals surface area contributed by atoms with Crippen LogP contribution in [-0.2, 0) is 0 Å². The van der Waals surface area contributed by atoms with Gasteiger partial charge in [-0.05, 0) is 55.5 Å². The van der Waals surface area contributed by atoms with Crippen LogP contribution in [0.15, 0.2) is 60.8 Å². The number of aromatic nitrogens is 1. The van der Waals surface area contributed by atoms with E-state index in [-0.39, 0.29) is 0 Å². The molecular formula is C23H23ClN2S. The van der Waals surface area contributed by atoms with Gasteiger partial charge in [0.25, 0.3) is 0 Å². The second kappa shape index (κ2) is 7.05. The molecule has 0 N–H and O–H groups in total. The van der Waals surface area contributed by atoms with Crippen LogP contribution in [0.3, 0.4) is 0 Å². The zero-order chi connectivity index (χ0) is 18.4. The lowest BCUT2D eigenvalue weighted by Gasteiger charge is -2.42. The fraction of sp³-hybridized carbons (Fsp3) is 0.348. The van der Waals surface area contributed by atoms with Crippen molar-refractivity contribution in [1.29, 1.82) is 0 Å². The molecule has 2 unspecified atom stereocenters.